The number of hydrogen-bond acceptors (Lipinski definition) is 5. The highest BCUT2D eigenvalue weighted by atomic mass is 32.3. The molecular weight excluding hydrogens is 166 g/mol. The van der Waals surface area contributed by atoms with Gasteiger partial charge in [0.25, 0.3) is 0 Å². The molecule has 0 aromatic carbocycles. The molecule has 62 valence electrons. The standard InChI is InChI=1S/C5H9N3O2S/c9-11(2-1-6-4-11)5-3-10-8-7-5/h3,6,9H,1-2,4H2. The zero-order valence-corrected chi connectivity index (χ0v) is 6.67. The maximum atomic E-state index is 9.91. The van der Waals surface area contributed by atoms with Gasteiger partial charge in [0.1, 0.15) is 0 Å². The minimum absolute atomic E-state index is 0.600. The van der Waals surface area contributed by atoms with Gasteiger partial charge in [-0.15, -0.1) is 5.10 Å². The lowest BCUT2D eigenvalue weighted by molar-refractivity contribution is 0.392. The van der Waals surface area contributed by atoms with Gasteiger partial charge in [-0.25, -0.2) is 0 Å². The van der Waals surface area contributed by atoms with E-state index in [1.54, 1.807) is 0 Å². The fourth-order valence-corrected chi connectivity index (χ4v) is 2.93. The molecule has 11 heavy (non-hydrogen) atoms. The van der Waals surface area contributed by atoms with Crippen LogP contribution in [0.3, 0.4) is 0 Å². The Labute approximate surface area is 65.3 Å². The van der Waals surface area contributed by atoms with Crippen molar-refractivity contribution in [1.82, 2.24) is 15.7 Å². The van der Waals surface area contributed by atoms with E-state index in [0.717, 1.165) is 12.3 Å². The van der Waals surface area contributed by atoms with Gasteiger partial charge < -0.3 is 14.4 Å². The van der Waals surface area contributed by atoms with Gasteiger partial charge >= 0.3 is 0 Å². The van der Waals surface area contributed by atoms with Crippen molar-refractivity contribution in [3.05, 3.63) is 6.26 Å². The van der Waals surface area contributed by atoms with Crippen LogP contribution in [0.2, 0.25) is 0 Å². The van der Waals surface area contributed by atoms with E-state index in [9.17, 15) is 4.55 Å². The molecule has 5 nitrogen and oxygen atoms in total. The van der Waals surface area contributed by atoms with Crippen molar-refractivity contribution in [2.24, 2.45) is 0 Å². The van der Waals surface area contributed by atoms with E-state index in [1.165, 1.54) is 6.26 Å². The smallest absolute Gasteiger partial charge is 0.166 e. The molecule has 1 saturated heterocycles. The Balaban J connectivity index is 2.27. The fourth-order valence-electron chi connectivity index (χ4n) is 1.05. The zero-order chi connectivity index (χ0) is 7.73. The number of rotatable bonds is 1. The molecule has 0 amide bonds. The highest BCUT2D eigenvalue weighted by molar-refractivity contribution is 8.29. The summed E-state index contributed by atoms with van der Waals surface area (Å²) in [7, 11) is -1.72. The fraction of sp³-hybridized carbons (Fsp3) is 0.600. The first-order valence-corrected chi connectivity index (χ1v) is 5.23. The third kappa shape index (κ3) is 1.13. The van der Waals surface area contributed by atoms with Crippen LogP contribution in [-0.2, 0) is 0 Å². The van der Waals surface area contributed by atoms with Gasteiger partial charge in [0, 0.05) is 17.6 Å². The summed E-state index contributed by atoms with van der Waals surface area (Å²) in [5, 5.41) is 10.7. The molecule has 0 spiro atoms. The summed E-state index contributed by atoms with van der Waals surface area (Å²) in [6, 6.07) is 0. The number of nitrogens with one attached hydrogen (secondary N) is 1. The van der Waals surface area contributed by atoms with Gasteiger partial charge in [0.2, 0.25) is 0 Å². The Morgan fingerprint density at radius 2 is 2.64 bits per heavy atom. The van der Waals surface area contributed by atoms with E-state index >= 15 is 0 Å². The molecule has 1 atom stereocenters. The minimum atomic E-state index is -1.72. The molecule has 1 aromatic heterocycles. The van der Waals surface area contributed by atoms with Crippen LogP contribution in [0.15, 0.2) is 15.8 Å². The number of hydrogen-bond donors (Lipinski definition) is 2. The minimum Gasteiger partial charge on any atom is -0.344 e. The number of nitrogens with zero attached hydrogens (tertiary/aromatic N) is 2. The Bertz CT molecular complexity index is 232. The first-order chi connectivity index (χ1) is 5.31. The maximum absolute atomic E-state index is 9.91. The van der Waals surface area contributed by atoms with Crippen molar-refractivity contribution in [1.29, 1.82) is 0 Å². The molecule has 1 fully saturated rings. The summed E-state index contributed by atoms with van der Waals surface area (Å²) >= 11 is 0. The van der Waals surface area contributed by atoms with Gasteiger partial charge in [-0.2, -0.15) is 0 Å². The lowest BCUT2D eigenvalue weighted by Gasteiger charge is -2.22. The molecule has 0 aliphatic carbocycles. The van der Waals surface area contributed by atoms with Crippen LogP contribution in [0.25, 0.3) is 0 Å². The molecule has 1 aromatic rings. The summed E-state index contributed by atoms with van der Waals surface area (Å²) < 4.78 is 14.5. The highest BCUT2D eigenvalue weighted by Gasteiger charge is 2.30. The van der Waals surface area contributed by atoms with Gasteiger partial charge in [0.05, 0.1) is 5.88 Å². The summed E-state index contributed by atoms with van der Waals surface area (Å²) in [6.45, 7) is 0.846. The van der Waals surface area contributed by atoms with Crippen molar-refractivity contribution in [3.63, 3.8) is 0 Å². The van der Waals surface area contributed by atoms with E-state index in [-0.39, 0.29) is 0 Å². The molecule has 2 N–H and O–H groups in total. The first-order valence-electron chi connectivity index (χ1n) is 3.30. The summed E-state index contributed by atoms with van der Waals surface area (Å²) in [5.74, 6) is 1.36. The van der Waals surface area contributed by atoms with Crippen LogP contribution >= 0.6 is 10.3 Å². The van der Waals surface area contributed by atoms with Crippen LogP contribution in [0.4, 0.5) is 0 Å². The summed E-state index contributed by atoms with van der Waals surface area (Å²) in [5.41, 5.74) is 0. The van der Waals surface area contributed by atoms with Crippen molar-refractivity contribution in [2.75, 3.05) is 18.2 Å². The van der Waals surface area contributed by atoms with E-state index in [0.29, 0.717) is 10.9 Å². The van der Waals surface area contributed by atoms with Gasteiger partial charge in [-0.05, 0) is 0 Å². The van der Waals surface area contributed by atoms with E-state index in [1.807, 2.05) is 0 Å². The van der Waals surface area contributed by atoms with Gasteiger partial charge in [-0.1, -0.05) is 10.3 Å². The number of aromatic nitrogens is 2. The van der Waals surface area contributed by atoms with Crippen molar-refractivity contribution in [2.45, 2.75) is 5.03 Å². The normalized spacial score (nSPS) is 36.8. The first kappa shape index (κ1) is 7.08. The van der Waals surface area contributed by atoms with Gasteiger partial charge in [-0.3, -0.25) is 0 Å². The Morgan fingerprint density at radius 3 is 3.18 bits per heavy atom. The van der Waals surface area contributed by atoms with E-state index in [4.69, 9.17) is 0 Å². The average Bonchev–Trinajstić information content (AvgIpc) is 2.55. The van der Waals surface area contributed by atoms with Crippen LogP contribution < -0.4 is 5.32 Å². The van der Waals surface area contributed by atoms with E-state index < -0.39 is 10.3 Å². The third-order valence-electron chi connectivity index (χ3n) is 1.69. The Morgan fingerprint density at radius 1 is 1.73 bits per heavy atom. The molecule has 6 heteroatoms. The predicted molar refractivity (Wildman–Crippen MR) is 40.5 cm³/mol. The van der Waals surface area contributed by atoms with Crippen LogP contribution in [0.5, 0.6) is 0 Å². The Kier molecular flexibility index (Phi) is 1.59. The third-order valence-corrected chi connectivity index (χ3v) is 4.20. The monoisotopic (exact) mass is 175 g/mol. The Hall–Kier alpha value is -0.590. The van der Waals surface area contributed by atoms with Crippen molar-refractivity contribution in [3.8, 4) is 0 Å². The average molecular weight is 175 g/mol. The topological polar surface area (TPSA) is 71.2 Å². The van der Waals surface area contributed by atoms with Gasteiger partial charge in [0.15, 0.2) is 11.3 Å². The molecule has 0 bridgehead atoms. The molecule has 2 rings (SSSR count). The second kappa shape index (κ2) is 2.47. The highest BCUT2D eigenvalue weighted by Crippen LogP contribution is 2.51. The molecular formula is C5H9N3O2S. The molecule has 0 saturated carbocycles. The second-order valence-corrected chi connectivity index (χ2v) is 5.23. The molecule has 2 heterocycles. The molecule has 0 radical (unpaired) electrons. The molecule has 1 unspecified atom stereocenters. The largest absolute Gasteiger partial charge is 0.344 e. The van der Waals surface area contributed by atoms with E-state index in [2.05, 4.69) is 20.2 Å². The van der Waals surface area contributed by atoms with Crippen molar-refractivity contribution >= 4 is 10.3 Å². The lowest BCUT2D eigenvalue weighted by atomic mass is 10.8. The van der Waals surface area contributed by atoms with Crippen LogP contribution in [0, 0.1) is 0 Å². The zero-order valence-electron chi connectivity index (χ0n) is 5.86. The SMILES string of the molecule is OS1(c2conn2)CCNC1. The second-order valence-electron chi connectivity index (χ2n) is 2.43. The summed E-state index contributed by atoms with van der Waals surface area (Å²) in [4.78, 5) is 0. The van der Waals surface area contributed by atoms with Crippen LogP contribution in [-0.4, -0.2) is 33.1 Å². The molecule has 1 aliphatic heterocycles. The quantitative estimate of drug-likeness (QED) is 0.641. The predicted octanol–water partition coefficient (Wildman–Crippen LogP) is 0.267. The summed E-state index contributed by atoms with van der Waals surface area (Å²) in [6.07, 6.45) is 1.42. The van der Waals surface area contributed by atoms with Crippen molar-refractivity contribution < 1.29 is 9.08 Å². The van der Waals surface area contributed by atoms with Crippen LogP contribution in [0.1, 0.15) is 0 Å². The maximum Gasteiger partial charge on any atom is 0.166 e. The lowest BCUT2D eigenvalue weighted by Crippen LogP contribution is -2.08. The molecule has 1 aliphatic rings.